The molecule has 0 radical (unpaired) electrons. The van der Waals surface area contributed by atoms with Crippen LogP contribution in [-0.2, 0) is 0 Å². The summed E-state index contributed by atoms with van der Waals surface area (Å²) in [7, 11) is 0. The topological polar surface area (TPSA) is 0 Å². The van der Waals surface area contributed by atoms with Crippen LogP contribution in [0.25, 0.3) is 86.9 Å². The van der Waals surface area contributed by atoms with Gasteiger partial charge in [0, 0.05) is 0 Å². The maximum atomic E-state index is 2.29. The van der Waals surface area contributed by atoms with Gasteiger partial charge in [0.1, 0.15) is 0 Å². The summed E-state index contributed by atoms with van der Waals surface area (Å²) in [6.45, 7) is 0. The van der Waals surface area contributed by atoms with Crippen molar-refractivity contribution in [3.63, 3.8) is 0 Å². The average Bonchev–Trinajstić information content (AvgIpc) is 3.16. The predicted octanol–water partition coefficient (Wildman–Crippen LogP) is 14.7. The van der Waals surface area contributed by atoms with Crippen LogP contribution in [0.2, 0.25) is 0 Å². The molecule has 0 aliphatic rings. The van der Waals surface area contributed by atoms with Crippen LogP contribution in [0, 0.1) is 7.43 Å². The summed E-state index contributed by atoms with van der Waals surface area (Å²) in [5, 5.41) is 15.6. The van der Waals surface area contributed by atoms with E-state index in [1.807, 2.05) is 0 Å². The number of hydrogen-bond acceptors (Lipinski definition) is 0. The Bertz CT molecular complexity index is 2470. The van der Waals surface area contributed by atoms with E-state index < -0.39 is 0 Å². The standard InChI is InChI=1S/2C24H16.CH4.CH3/c2*1-4-12-20-17(8-1)11-7-15-23(20)24-21-13-5-2-9-18(21)16-19-10-3-6-14-22(19)24;;/h2*1-16H;1H4;1H3/q;;;-1. The van der Waals surface area contributed by atoms with Gasteiger partial charge < -0.3 is 7.43 Å². The van der Waals surface area contributed by atoms with Crippen LogP contribution in [0.1, 0.15) is 7.43 Å². The van der Waals surface area contributed by atoms with Gasteiger partial charge >= 0.3 is 0 Å². The van der Waals surface area contributed by atoms with Crippen LogP contribution >= 0.6 is 0 Å². The highest BCUT2D eigenvalue weighted by atomic mass is 14.2. The molecule has 0 atom stereocenters. The van der Waals surface area contributed by atoms with Crippen molar-refractivity contribution in [1.29, 1.82) is 0 Å². The van der Waals surface area contributed by atoms with E-state index in [0.717, 1.165) is 0 Å². The third-order valence-electron chi connectivity index (χ3n) is 9.66. The van der Waals surface area contributed by atoms with Gasteiger partial charge in [-0.2, -0.15) is 0 Å². The number of benzene rings is 10. The molecule has 0 amide bonds. The van der Waals surface area contributed by atoms with E-state index in [4.69, 9.17) is 0 Å². The fourth-order valence-corrected chi connectivity index (χ4v) is 7.49. The van der Waals surface area contributed by atoms with Gasteiger partial charge in [-0.25, -0.2) is 0 Å². The predicted molar refractivity (Wildman–Crippen MR) is 222 cm³/mol. The summed E-state index contributed by atoms with van der Waals surface area (Å²) < 4.78 is 0. The van der Waals surface area contributed by atoms with Crippen LogP contribution in [0.4, 0.5) is 0 Å². The van der Waals surface area contributed by atoms with Crippen molar-refractivity contribution in [2.24, 2.45) is 0 Å². The van der Waals surface area contributed by atoms with Crippen LogP contribution in [0.3, 0.4) is 0 Å². The molecule has 10 rings (SSSR count). The number of hydrogen-bond donors (Lipinski definition) is 0. The summed E-state index contributed by atoms with van der Waals surface area (Å²) in [5.41, 5.74) is 5.28. The molecule has 0 heterocycles. The second-order valence-corrected chi connectivity index (χ2v) is 12.4. The minimum atomic E-state index is 0. The number of rotatable bonds is 2. The zero-order valence-electron chi connectivity index (χ0n) is 27.5. The molecule has 50 heavy (non-hydrogen) atoms. The van der Waals surface area contributed by atoms with Gasteiger partial charge in [-0.05, 0) is 99.0 Å². The quantitative estimate of drug-likeness (QED) is 0.130. The molecule has 0 unspecified atom stereocenters. The fourth-order valence-electron chi connectivity index (χ4n) is 7.49. The Hall–Kier alpha value is -6.24. The first-order valence-electron chi connectivity index (χ1n) is 16.6. The SMILES string of the molecule is C.[CH3-].c1ccc2c(-c3c4ccccc4cc4ccccc34)cccc2c1.c1ccc2c(-c3c4ccccc4cc4ccccc34)cccc2c1. The Morgan fingerprint density at radius 1 is 0.220 bits per heavy atom. The highest BCUT2D eigenvalue weighted by molar-refractivity contribution is 6.18. The van der Waals surface area contributed by atoms with Crippen molar-refractivity contribution < 1.29 is 0 Å². The lowest BCUT2D eigenvalue weighted by molar-refractivity contribution is 1.70. The van der Waals surface area contributed by atoms with Gasteiger partial charge in [0.15, 0.2) is 0 Å². The summed E-state index contributed by atoms with van der Waals surface area (Å²) in [6.07, 6.45) is 0. The van der Waals surface area contributed by atoms with E-state index in [0.29, 0.717) is 0 Å². The maximum Gasteiger partial charge on any atom is -0.00206 e. The highest BCUT2D eigenvalue weighted by Gasteiger charge is 2.13. The van der Waals surface area contributed by atoms with E-state index in [2.05, 4.69) is 194 Å². The minimum absolute atomic E-state index is 0. The van der Waals surface area contributed by atoms with Crippen molar-refractivity contribution >= 4 is 64.6 Å². The molecule has 10 aromatic rings. The first-order chi connectivity index (χ1) is 23.8. The van der Waals surface area contributed by atoms with Crippen LogP contribution in [0.5, 0.6) is 0 Å². The zero-order chi connectivity index (χ0) is 31.9. The van der Waals surface area contributed by atoms with Gasteiger partial charge in [-0.3, -0.25) is 0 Å². The van der Waals surface area contributed by atoms with Gasteiger partial charge in [-0.15, -0.1) is 0 Å². The van der Waals surface area contributed by atoms with Crippen LogP contribution in [-0.4, -0.2) is 0 Å². The van der Waals surface area contributed by atoms with Gasteiger partial charge in [-0.1, -0.05) is 189 Å². The second-order valence-electron chi connectivity index (χ2n) is 12.4. The highest BCUT2D eigenvalue weighted by Crippen LogP contribution is 2.41. The molecule has 0 bridgehead atoms. The van der Waals surface area contributed by atoms with E-state index in [1.54, 1.807) is 0 Å². The van der Waals surface area contributed by atoms with E-state index in [-0.39, 0.29) is 14.9 Å². The van der Waals surface area contributed by atoms with E-state index in [1.165, 1.54) is 86.9 Å². The normalized spacial score (nSPS) is 10.9. The molecule has 0 spiro atoms. The van der Waals surface area contributed by atoms with Crippen molar-refractivity contribution in [3.05, 3.63) is 202 Å². The number of fused-ring (bicyclic) bond motifs is 6. The summed E-state index contributed by atoms with van der Waals surface area (Å²) in [5.74, 6) is 0. The lowest BCUT2D eigenvalue weighted by atomic mass is 9.89. The first-order valence-corrected chi connectivity index (χ1v) is 16.6. The Kier molecular flexibility index (Phi) is 8.86. The van der Waals surface area contributed by atoms with Gasteiger partial charge in [0.05, 0.1) is 0 Å². The largest absolute Gasteiger partial charge is 0.358 e. The molecular formula is C50H39-. The Morgan fingerprint density at radius 3 is 0.780 bits per heavy atom. The van der Waals surface area contributed by atoms with Crippen LogP contribution < -0.4 is 0 Å². The average molecular weight is 640 g/mol. The summed E-state index contributed by atoms with van der Waals surface area (Å²) in [4.78, 5) is 0. The molecule has 0 N–H and O–H groups in total. The van der Waals surface area contributed by atoms with Crippen molar-refractivity contribution in [2.45, 2.75) is 7.43 Å². The molecule has 240 valence electrons. The van der Waals surface area contributed by atoms with Gasteiger partial charge in [0.25, 0.3) is 0 Å². The maximum absolute atomic E-state index is 2.29. The zero-order valence-corrected chi connectivity index (χ0v) is 27.5. The summed E-state index contributed by atoms with van der Waals surface area (Å²) in [6, 6.07) is 69.8. The van der Waals surface area contributed by atoms with Gasteiger partial charge in [0.2, 0.25) is 0 Å². The van der Waals surface area contributed by atoms with Crippen LogP contribution in [0.15, 0.2) is 194 Å². The third-order valence-corrected chi connectivity index (χ3v) is 9.66. The molecule has 0 nitrogen and oxygen atoms in total. The van der Waals surface area contributed by atoms with Crippen molar-refractivity contribution in [3.8, 4) is 22.3 Å². The van der Waals surface area contributed by atoms with Crippen molar-refractivity contribution in [2.75, 3.05) is 0 Å². The van der Waals surface area contributed by atoms with E-state index in [9.17, 15) is 0 Å². The second kappa shape index (κ2) is 13.7. The molecule has 0 aliphatic heterocycles. The molecule has 0 fully saturated rings. The Labute approximate surface area is 294 Å². The molecule has 10 aromatic carbocycles. The minimum Gasteiger partial charge on any atom is -0.358 e. The molecule has 0 saturated carbocycles. The monoisotopic (exact) mass is 639 g/mol. The fraction of sp³-hybridized carbons (Fsp3) is 0.0200. The molecule has 0 aromatic heterocycles. The summed E-state index contributed by atoms with van der Waals surface area (Å²) >= 11 is 0. The molecular weight excluding hydrogens is 601 g/mol. The lowest BCUT2D eigenvalue weighted by Gasteiger charge is -2.14. The smallest absolute Gasteiger partial charge is 0.00206 e. The molecule has 0 aliphatic carbocycles. The first kappa shape index (κ1) is 32.3. The van der Waals surface area contributed by atoms with Crippen molar-refractivity contribution in [1.82, 2.24) is 0 Å². The molecule has 0 heteroatoms. The van der Waals surface area contributed by atoms with E-state index >= 15 is 0 Å². The molecule has 0 saturated heterocycles. The Morgan fingerprint density at radius 2 is 0.460 bits per heavy atom. The Balaban J connectivity index is 0.000000151. The lowest BCUT2D eigenvalue weighted by Crippen LogP contribution is -1.87. The third kappa shape index (κ3) is 5.55.